The lowest BCUT2D eigenvalue weighted by Crippen LogP contribution is -2.03. The Morgan fingerprint density at radius 2 is 0.787 bits per heavy atom. The van der Waals surface area contributed by atoms with Crippen LogP contribution in [-0.4, -0.2) is 4.57 Å². The molecule has 1 aromatic heterocycles. The van der Waals surface area contributed by atoms with E-state index in [1.807, 2.05) is 0 Å². The van der Waals surface area contributed by atoms with E-state index in [9.17, 15) is 0 Å². The first-order chi connectivity index (χ1) is 23.3. The van der Waals surface area contributed by atoms with Crippen LogP contribution in [0.1, 0.15) is 29.5 Å². The highest BCUT2D eigenvalue weighted by molar-refractivity contribution is 6.11. The summed E-state index contributed by atoms with van der Waals surface area (Å²) in [5.74, 6) is 0.191. The van der Waals surface area contributed by atoms with Gasteiger partial charge in [-0.25, -0.2) is 0 Å². The van der Waals surface area contributed by atoms with Gasteiger partial charge >= 0.3 is 0 Å². The van der Waals surface area contributed by atoms with E-state index in [1.54, 1.807) is 0 Å². The van der Waals surface area contributed by atoms with Crippen LogP contribution in [-0.2, 0) is 0 Å². The summed E-state index contributed by atoms with van der Waals surface area (Å²) in [7, 11) is 0. The minimum atomic E-state index is 0.191. The normalized spacial score (nSPS) is 11.6. The Labute approximate surface area is 276 Å². The smallest absolute Gasteiger partial charge is 0.0535 e. The molecule has 8 rings (SSSR count). The second-order valence-electron chi connectivity index (χ2n) is 12.1. The fourth-order valence-corrected chi connectivity index (χ4v) is 6.97. The molecular weight excluding hydrogens is 567 g/mol. The monoisotopic (exact) mass is 601 g/mol. The third-order valence-electron chi connectivity index (χ3n) is 9.25. The molecule has 0 amide bonds. The van der Waals surface area contributed by atoms with E-state index in [-0.39, 0.29) is 5.92 Å². The zero-order valence-electron chi connectivity index (χ0n) is 26.4. The van der Waals surface area contributed by atoms with Crippen LogP contribution in [0.5, 0.6) is 0 Å². The lowest BCUT2D eigenvalue weighted by atomic mass is 9.84. The Bertz CT molecular complexity index is 2290. The van der Waals surface area contributed by atoms with Crippen LogP contribution < -0.4 is 0 Å². The number of aromatic nitrogens is 1. The number of nitrogens with zero attached hydrogens (tertiary/aromatic N) is 1. The van der Waals surface area contributed by atoms with Crippen molar-refractivity contribution in [1.82, 2.24) is 4.57 Å². The van der Waals surface area contributed by atoms with Gasteiger partial charge in [-0.2, -0.15) is 0 Å². The first-order valence-electron chi connectivity index (χ1n) is 16.3. The van der Waals surface area contributed by atoms with Gasteiger partial charge in [-0.1, -0.05) is 152 Å². The average molecular weight is 602 g/mol. The second-order valence-corrected chi connectivity index (χ2v) is 12.1. The summed E-state index contributed by atoms with van der Waals surface area (Å²) in [6, 6.07) is 64.0. The second kappa shape index (κ2) is 12.5. The molecule has 0 aliphatic heterocycles. The van der Waals surface area contributed by atoms with E-state index < -0.39 is 0 Å². The zero-order valence-corrected chi connectivity index (χ0v) is 26.4. The maximum atomic E-state index is 2.36. The zero-order chi connectivity index (χ0) is 31.6. The van der Waals surface area contributed by atoms with Gasteiger partial charge in [0.25, 0.3) is 0 Å². The molecule has 1 nitrogen and oxygen atoms in total. The van der Waals surface area contributed by atoms with Gasteiger partial charge in [0.15, 0.2) is 0 Å². The molecule has 7 aromatic carbocycles. The largest absolute Gasteiger partial charge is 0.316 e. The van der Waals surface area contributed by atoms with E-state index in [0.29, 0.717) is 0 Å². The number of hydrogen-bond acceptors (Lipinski definition) is 0. The van der Waals surface area contributed by atoms with Crippen molar-refractivity contribution in [1.29, 1.82) is 0 Å². The van der Waals surface area contributed by atoms with Crippen molar-refractivity contribution < 1.29 is 0 Å². The fraction of sp³-hybridized carbons (Fsp3) is 0.0435. The Kier molecular flexibility index (Phi) is 7.57. The fourth-order valence-electron chi connectivity index (χ4n) is 6.97. The molecule has 0 aliphatic carbocycles. The van der Waals surface area contributed by atoms with Gasteiger partial charge in [0.05, 0.1) is 11.0 Å². The summed E-state index contributed by atoms with van der Waals surface area (Å²) < 4.78 is 2.30. The van der Waals surface area contributed by atoms with Gasteiger partial charge in [0, 0.05) is 22.9 Å². The number of benzene rings is 7. The van der Waals surface area contributed by atoms with Crippen LogP contribution in [0, 0.1) is 0 Å². The van der Waals surface area contributed by atoms with E-state index in [0.717, 1.165) is 0 Å². The summed E-state index contributed by atoms with van der Waals surface area (Å²) >= 11 is 0. The summed E-state index contributed by atoms with van der Waals surface area (Å²) in [5, 5.41) is 2.52. The van der Waals surface area contributed by atoms with Crippen molar-refractivity contribution >= 4 is 28.0 Å². The summed E-state index contributed by atoms with van der Waals surface area (Å²) in [6.45, 7) is 2.08. The molecule has 47 heavy (non-hydrogen) atoms. The molecule has 0 spiro atoms. The van der Waals surface area contributed by atoms with Crippen molar-refractivity contribution in [2.24, 2.45) is 0 Å². The van der Waals surface area contributed by atoms with Crippen LogP contribution >= 0.6 is 0 Å². The Hall–Kier alpha value is -5.92. The van der Waals surface area contributed by atoms with Crippen molar-refractivity contribution in [2.45, 2.75) is 12.8 Å². The number of rotatable bonds is 7. The molecule has 0 atom stereocenters. The maximum absolute atomic E-state index is 2.36. The predicted octanol–water partition coefficient (Wildman–Crippen LogP) is 12.5. The van der Waals surface area contributed by atoms with E-state index >= 15 is 0 Å². The topological polar surface area (TPSA) is 4.93 Å². The van der Waals surface area contributed by atoms with E-state index in [1.165, 1.54) is 71.9 Å². The molecule has 0 fully saturated rings. The highest BCUT2D eigenvalue weighted by Crippen LogP contribution is 2.37. The van der Waals surface area contributed by atoms with Gasteiger partial charge in [-0.15, -0.1) is 0 Å². The highest BCUT2D eigenvalue weighted by atomic mass is 14.9. The van der Waals surface area contributed by atoms with Crippen molar-refractivity contribution in [3.8, 4) is 33.4 Å². The summed E-state index contributed by atoms with van der Waals surface area (Å²) in [4.78, 5) is 0. The average Bonchev–Trinajstić information content (AvgIpc) is 3.45. The SMILES string of the molecule is C/C=C/n1c2ccc(-c3ccccc3)cc2c2cc(-c3cccc(-c4ccc(C(c5ccccc5)c5ccccc5)cc4)c3)ccc21. The number of hydrogen-bond donors (Lipinski definition) is 0. The quantitative estimate of drug-likeness (QED) is 0.160. The van der Waals surface area contributed by atoms with Gasteiger partial charge in [0.1, 0.15) is 0 Å². The van der Waals surface area contributed by atoms with Crippen molar-refractivity contribution in [3.05, 3.63) is 199 Å². The van der Waals surface area contributed by atoms with Gasteiger partial charge in [-0.05, 0) is 87.3 Å². The minimum absolute atomic E-state index is 0.191. The molecule has 0 aliphatic rings. The van der Waals surface area contributed by atoms with Gasteiger partial charge in [0.2, 0.25) is 0 Å². The number of allylic oxidation sites excluding steroid dienone is 1. The van der Waals surface area contributed by atoms with Crippen LogP contribution in [0.3, 0.4) is 0 Å². The Morgan fingerprint density at radius 3 is 1.34 bits per heavy atom. The molecule has 0 bridgehead atoms. The molecule has 0 N–H and O–H groups in total. The molecule has 1 heteroatoms. The summed E-state index contributed by atoms with van der Waals surface area (Å²) in [5.41, 5.74) is 13.6. The third-order valence-corrected chi connectivity index (χ3v) is 9.25. The molecule has 0 saturated heterocycles. The number of fused-ring (bicyclic) bond motifs is 3. The lowest BCUT2D eigenvalue weighted by molar-refractivity contribution is 0.978. The van der Waals surface area contributed by atoms with E-state index in [4.69, 9.17) is 0 Å². The van der Waals surface area contributed by atoms with Crippen LogP contribution in [0.15, 0.2) is 182 Å². The molecule has 8 aromatic rings. The summed E-state index contributed by atoms with van der Waals surface area (Å²) in [6.07, 6.45) is 4.27. The molecule has 1 heterocycles. The molecule has 224 valence electrons. The highest BCUT2D eigenvalue weighted by Gasteiger charge is 2.17. The van der Waals surface area contributed by atoms with Crippen LogP contribution in [0.4, 0.5) is 0 Å². The predicted molar refractivity (Wildman–Crippen MR) is 201 cm³/mol. The molecular formula is C46H35N. The van der Waals surface area contributed by atoms with Crippen LogP contribution in [0.2, 0.25) is 0 Å². The molecule has 0 unspecified atom stereocenters. The van der Waals surface area contributed by atoms with E-state index in [2.05, 4.69) is 200 Å². The van der Waals surface area contributed by atoms with Crippen molar-refractivity contribution in [2.75, 3.05) is 0 Å². The van der Waals surface area contributed by atoms with Crippen LogP contribution in [0.25, 0.3) is 61.4 Å². The van der Waals surface area contributed by atoms with Crippen molar-refractivity contribution in [3.63, 3.8) is 0 Å². The molecule has 0 saturated carbocycles. The lowest BCUT2D eigenvalue weighted by Gasteiger charge is -2.19. The standard InChI is InChI=1S/C46H35N/c1-2-29-47-44-27-25-40(33-13-6-3-7-14-33)31-42(44)43-32-41(26-28-45(43)47)39-20-12-19-38(30-39)34-21-23-37(24-22-34)46(35-15-8-4-9-16-35)36-17-10-5-11-18-36/h2-32,46H,1H3/b29-2+. The van der Waals surface area contributed by atoms with Gasteiger partial charge < -0.3 is 4.57 Å². The first-order valence-corrected chi connectivity index (χ1v) is 16.3. The third kappa shape index (κ3) is 5.47. The Morgan fingerprint density at radius 1 is 0.383 bits per heavy atom. The molecule has 0 radical (unpaired) electrons. The first kappa shape index (κ1) is 28.5. The minimum Gasteiger partial charge on any atom is -0.316 e. The Balaban J connectivity index is 1.17. The van der Waals surface area contributed by atoms with Gasteiger partial charge in [-0.3, -0.25) is 0 Å². The maximum Gasteiger partial charge on any atom is 0.0535 e.